The summed E-state index contributed by atoms with van der Waals surface area (Å²) in [5.74, 6) is 0.0126. The number of fused-ring (bicyclic) bond motifs is 1. The second kappa shape index (κ2) is 6.48. The van der Waals surface area contributed by atoms with E-state index in [0.717, 1.165) is 0 Å². The van der Waals surface area contributed by atoms with Crippen molar-refractivity contribution in [1.29, 1.82) is 0 Å². The van der Waals surface area contributed by atoms with Crippen LogP contribution in [0.3, 0.4) is 0 Å². The Bertz CT molecular complexity index is 803. The Morgan fingerprint density at radius 1 is 1.46 bits per heavy atom. The first-order valence-electron chi connectivity index (χ1n) is 7.06. The molecule has 2 heterocycles. The molecule has 0 fully saturated rings. The van der Waals surface area contributed by atoms with Crippen molar-refractivity contribution in [3.8, 4) is 5.75 Å². The zero-order valence-corrected chi connectivity index (χ0v) is 13.5. The Kier molecular flexibility index (Phi) is 4.39. The molecule has 2 N–H and O–H groups in total. The van der Waals surface area contributed by atoms with Gasteiger partial charge in [-0.25, -0.2) is 19.2 Å². The fourth-order valence-corrected chi connectivity index (χ4v) is 2.75. The standard InChI is InChI=1S/C15H14ClFN4O3/c1-24-12-3-2-10(16)8(13(12)17)4-18-14-9-5-21(15(22)23)6-11(9)19-7-20-14/h2-3,7H,4-6H2,1H3,(H,22,23)(H,18,19,20). The lowest BCUT2D eigenvalue weighted by Gasteiger charge is -2.13. The van der Waals surface area contributed by atoms with E-state index in [1.165, 1.54) is 24.4 Å². The lowest BCUT2D eigenvalue weighted by atomic mass is 10.2. The Balaban J connectivity index is 1.83. The van der Waals surface area contributed by atoms with E-state index in [1.54, 1.807) is 6.07 Å². The third-order valence-electron chi connectivity index (χ3n) is 3.80. The maximum atomic E-state index is 14.3. The van der Waals surface area contributed by atoms with Gasteiger partial charge in [0, 0.05) is 22.7 Å². The molecule has 0 radical (unpaired) electrons. The molecule has 0 aliphatic carbocycles. The maximum Gasteiger partial charge on any atom is 0.407 e. The van der Waals surface area contributed by atoms with E-state index < -0.39 is 11.9 Å². The van der Waals surface area contributed by atoms with Crippen LogP contribution in [0.25, 0.3) is 0 Å². The molecule has 0 atom stereocenters. The molecule has 126 valence electrons. The smallest absolute Gasteiger partial charge is 0.407 e. The van der Waals surface area contributed by atoms with Crippen LogP contribution in [0.4, 0.5) is 15.0 Å². The predicted octanol–water partition coefficient (Wildman–Crippen LogP) is 2.88. The first-order chi connectivity index (χ1) is 11.5. The number of carbonyl (C=O) groups is 1. The van der Waals surface area contributed by atoms with Crippen molar-refractivity contribution in [2.45, 2.75) is 19.6 Å². The Labute approximate surface area is 142 Å². The molecule has 1 aromatic carbocycles. The van der Waals surface area contributed by atoms with Gasteiger partial charge in [-0.15, -0.1) is 0 Å². The van der Waals surface area contributed by atoms with Gasteiger partial charge in [0.1, 0.15) is 12.1 Å². The third kappa shape index (κ3) is 2.92. The third-order valence-corrected chi connectivity index (χ3v) is 4.15. The van der Waals surface area contributed by atoms with E-state index in [0.29, 0.717) is 17.1 Å². The fraction of sp³-hybridized carbons (Fsp3) is 0.267. The van der Waals surface area contributed by atoms with Crippen LogP contribution >= 0.6 is 11.6 Å². The number of benzene rings is 1. The molecule has 1 amide bonds. The second-order valence-electron chi connectivity index (χ2n) is 5.18. The molecular formula is C15H14ClFN4O3. The summed E-state index contributed by atoms with van der Waals surface area (Å²) in [4.78, 5) is 20.5. The van der Waals surface area contributed by atoms with Crippen molar-refractivity contribution in [3.63, 3.8) is 0 Å². The summed E-state index contributed by atoms with van der Waals surface area (Å²) < 4.78 is 19.3. The monoisotopic (exact) mass is 352 g/mol. The molecule has 9 heteroatoms. The molecule has 3 rings (SSSR count). The summed E-state index contributed by atoms with van der Waals surface area (Å²) in [5.41, 5.74) is 1.56. The number of aromatic nitrogens is 2. The molecule has 0 unspecified atom stereocenters. The Hall–Kier alpha value is -2.61. The summed E-state index contributed by atoms with van der Waals surface area (Å²) in [5, 5.41) is 12.4. The van der Waals surface area contributed by atoms with Crippen molar-refractivity contribution in [1.82, 2.24) is 14.9 Å². The number of nitrogens with zero attached hydrogens (tertiary/aromatic N) is 3. The van der Waals surface area contributed by atoms with Gasteiger partial charge in [-0.3, -0.25) is 4.90 Å². The van der Waals surface area contributed by atoms with Gasteiger partial charge in [-0.1, -0.05) is 11.6 Å². The molecule has 1 aliphatic rings. The molecular weight excluding hydrogens is 339 g/mol. The van der Waals surface area contributed by atoms with Crippen LogP contribution in [0, 0.1) is 5.82 Å². The van der Waals surface area contributed by atoms with Gasteiger partial charge >= 0.3 is 6.09 Å². The van der Waals surface area contributed by atoms with E-state index in [1.807, 2.05) is 0 Å². The summed E-state index contributed by atoms with van der Waals surface area (Å²) in [6.07, 6.45) is 0.316. The van der Waals surface area contributed by atoms with E-state index in [2.05, 4.69) is 15.3 Å². The number of nitrogens with one attached hydrogen (secondary N) is 1. The lowest BCUT2D eigenvalue weighted by Crippen LogP contribution is -2.22. The Morgan fingerprint density at radius 3 is 2.96 bits per heavy atom. The van der Waals surface area contributed by atoms with E-state index >= 15 is 0 Å². The van der Waals surface area contributed by atoms with Crippen molar-refractivity contribution in [3.05, 3.63) is 46.1 Å². The van der Waals surface area contributed by atoms with Crippen molar-refractivity contribution >= 4 is 23.5 Å². The van der Waals surface area contributed by atoms with Gasteiger partial charge in [0.2, 0.25) is 0 Å². The maximum absolute atomic E-state index is 14.3. The number of halogens is 2. The van der Waals surface area contributed by atoms with E-state index in [4.69, 9.17) is 21.4 Å². The largest absolute Gasteiger partial charge is 0.494 e. The molecule has 1 aliphatic heterocycles. The quantitative estimate of drug-likeness (QED) is 0.879. The lowest BCUT2D eigenvalue weighted by molar-refractivity contribution is 0.145. The van der Waals surface area contributed by atoms with Crippen LogP contribution in [0.1, 0.15) is 16.8 Å². The van der Waals surface area contributed by atoms with Crippen LogP contribution in [0.2, 0.25) is 5.02 Å². The minimum atomic E-state index is -1.03. The van der Waals surface area contributed by atoms with Gasteiger partial charge < -0.3 is 15.2 Å². The molecule has 0 bridgehead atoms. The summed E-state index contributed by atoms with van der Waals surface area (Å²) in [6.45, 7) is 0.469. The number of hydrogen-bond acceptors (Lipinski definition) is 5. The summed E-state index contributed by atoms with van der Waals surface area (Å²) >= 11 is 6.05. The molecule has 24 heavy (non-hydrogen) atoms. The number of methoxy groups -OCH3 is 1. The van der Waals surface area contributed by atoms with Gasteiger partial charge in [0.05, 0.1) is 25.9 Å². The van der Waals surface area contributed by atoms with Gasteiger partial charge in [0.25, 0.3) is 0 Å². The number of ether oxygens (including phenoxy) is 1. The van der Waals surface area contributed by atoms with Gasteiger partial charge in [-0.2, -0.15) is 0 Å². The molecule has 0 spiro atoms. The first-order valence-corrected chi connectivity index (χ1v) is 7.44. The molecule has 0 saturated carbocycles. The normalized spacial score (nSPS) is 12.9. The minimum Gasteiger partial charge on any atom is -0.494 e. The molecule has 2 aromatic rings. The number of rotatable bonds is 4. The number of carboxylic acid groups (broad SMARTS) is 1. The summed E-state index contributed by atoms with van der Waals surface area (Å²) in [7, 11) is 1.38. The molecule has 0 saturated heterocycles. The number of anilines is 1. The van der Waals surface area contributed by atoms with Crippen molar-refractivity contribution in [2.75, 3.05) is 12.4 Å². The highest BCUT2D eigenvalue weighted by Crippen LogP contribution is 2.30. The van der Waals surface area contributed by atoms with Gasteiger partial charge in [-0.05, 0) is 12.1 Å². The SMILES string of the molecule is COc1ccc(Cl)c(CNc2ncnc3c2CN(C(=O)O)C3)c1F. The van der Waals surface area contributed by atoms with E-state index in [9.17, 15) is 9.18 Å². The summed E-state index contributed by atoms with van der Waals surface area (Å²) in [6, 6.07) is 3.01. The highest BCUT2D eigenvalue weighted by atomic mass is 35.5. The van der Waals surface area contributed by atoms with Crippen molar-refractivity contribution < 1.29 is 19.0 Å². The van der Waals surface area contributed by atoms with Gasteiger partial charge in [0.15, 0.2) is 11.6 Å². The second-order valence-corrected chi connectivity index (χ2v) is 5.59. The zero-order valence-electron chi connectivity index (χ0n) is 12.7. The van der Waals surface area contributed by atoms with Crippen LogP contribution < -0.4 is 10.1 Å². The van der Waals surface area contributed by atoms with Crippen LogP contribution in [0.15, 0.2) is 18.5 Å². The van der Waals surface area contributed by atoms with Crippen molar-refractivity contribution in [2.24, 2.45) is 0 Å². The predicted molar refractivity (Wildman–Crippen MR) is 84.6 cm³/mol. The highest BCUT2D eigenvalue weighted by Gasteiger charge is 2.27. The highest BCUT2D eigenvalue weighted by molar-refractivity contribution is 6.31. The van der Waals surface area contributed by atoms with Crippen LogP contribution in [0.5, 0.6) is 5.75 Å². The number of amides is 1. The molecule has 7 nitrogen and oxygen atoms in total. The zero-order chi connectivity index (χ0) is 17.3. The Morgan fingerprint density at radius 2 is 2.25 bits per heavy atom. The van der Waals surface area contributed by atoms with Crippen LogP contribution in [-0.2, 0) is 19.6 Å². The van der Waals surface area contributed by atoms with Crippen LogP contribution in [-0.4, -0.2) is 33.2 Å². The first kappa shape index (κ1) is 16.3. The fourth-order valence-electron chi connectivity index (χ4n) is 2.53. The molecule has 1 aromatic heterocycles. The van der Waals surface area contributed by atoms with E-state index in [-0.39, 0.29) is 36.0 Å². The number of hydrogen-bond donors (Lipinski definition) is 2. The average molecular weight is 353 g/mol. The average Bonchev–Trinajstić information content (AvgIpc) is 3.00. The topological polar surface area (TPSA) is 87.6 Å². The minimum absolute atomic E-state index is 0.0817.